The molecule has 2 aromatic rings. The quantitative estimate of drug-likeness (QED) is 0.813. The summed E-state index contributed by atoms with van der Waals surface area (Å²) >= 11 is 0. The molecule has 0 unspecified atom stereocenters. The molecular formula is C13H14FN3. The van der Waals surface area contributed by atoms with Crippen molar-refractivity contribution in [1.82, 2.24) is 14.9 Å². The average Bonchev–Trinajstić information content (AvgIpc) is 2.66. The van der Waals surface area contributed by atoms with Crippen LogP contribution in [0.3, 0.4) is 0 Å². The molecule has 1 aromatic carbocycles. The lowest BCUT2D eigenvalue weighted by molar-refractivity contribution is 0.618. The van der Waals surface area contributed by atoms with Crippen molar-refractivity contribution < 1.29 is 4.39 Å². The Hall–Kier alpha value is -1.68. The minimum absolute atomic E-state index is 0.206. The van der Waals surface area contributed by atoms with E-state index in [0.29, 0.717) is 0 Å². The molecule has 1 aromatic heterocycles. The smallest absolute Gasteiger partial charge is 0.123 e. The van der Waals surface area contributed by atoms with Crippen LogP contribution in [0.25, 0.3) is 5.69 Å². The molecule has 0 atom stereocenters. The van der Waals surface area contributed by atoms with Crippen LogP contribution in [0.1, 0.15) is 17.2 Å². The van der Waals surface area contributed by atoms with Crippen LogP contribution in [0.4, 0.5) is 4.39 Å². The molecule has 88 valence electrons. The van der Waals surface area contributed by atoms with E-state index in [9.17, 15) is 4.39 Å². The molecule has 2 heterocycles. The number of halogens is 1. The van der Waals surface area contributed by atoms with Crippen molar-refractivity contribution in [2.75, 3.05) is 6.54 Å². The van der Waals surface area contributed by atoms with Crippen LogP contribution in [0.2, 0.25) is 0 Å². The van der Waals surface area contributed by atoms with Gasteiger partial charge in [0.05, 0.1) is 5.69 Å². The number of nitrogens with one attached hydrogen (secondary N) is 1. The summed E-state index contributed by atoms with van der Waals surface area (Å²) in [4.78, 5) is 4.56. The molecule has 4 heteroatoms. The highest BCUT2D eigenvalue weighted by Crippen LogP contribution is 2.21. The molecule has 1 aliphatic heterocycles. The minimum atomic E-state index is -0.206. The number of hydrogen-bond acceptors (Lipinski definition) is 2. The van der Waals surface area contributed by atoms with E-state index in [1.165, 1.54) is 17.8 Å². The Labute approximate surface area is 99.3 Å². The normalized spacial score (nSPS) is 14.7. The number of aromatic nitrogens is 2. The van der Waals surface area contributed by atoms with E-state index in [1.807, 2.05) is 6.92 Å². The molecule has 0 saturated carbocycles. The van der Waals surface area contributed by atoms with Gasteiger partial charge >= 0.3 is 0 Å². The van der Waals surface area contributed by atoms with Crippen LogP contribution in [0.5, 0.6) is 0 Å². The minimum Gasteiger partial charge on any atom is -0.311 e. The first-order chi connectivity index (χ1) is 8.25. The number of fused-ring (bicyclic) bond motifs is 1. The first-order valence-electron chi connectivity index (χ1n) is 5.79. The third-order valence-corrected chi connectivity index (χ3v) is 3.14. The SMILES string of the molecule is Cc1nc2c(n1-c1ccc(F)cc1)CCNC2. The lowest BCUT2D eigenvalue weighted by Gasteiger charge is -2.15. The molecule has 0 fully saturated rings. The zero-order valence-electron chi connectivity index (χ0n) is 9.70. The molecule has 0 radical (unpaired) electrons. The van der Waals surface area contributed by atoms with Gasteiger partial charge in [0, 0.05) is 30.9 Å². The number of hydrogen-bond donors (Lipinski definition) is 1. The Kier molecular flexibility index (Phi) is 2.44. The van der Waals surface area contributed by atoms with E-state index >= 15 is 0 Å². The molecular weight excluding hydrogens is 217 g/mol. The van der Waals surface area contributed by atoms with Gasteiger partial charge in [0.25, 0.3) is 0 Å². The van der Waals surface area contributed by atoms with Crippen LogP contribution in [0, 0.1) is 12.7 Å². The summed E-state index contributed by atoms with van der Waals surface area (Å²) in [5, 5.41) is 3.31. The van der Waals surface area contributed by atoms with Crippen molar-refractivity contribution in [1.29, 1.82) is 0 Å². The summed E-state index contributed by atoms with van der Waals surface area (Å²) in [5.41, 5.74) is 3.34. The van der Waals surface area contributed by atoms with Crippen LogP contribution in [-0.4, -0.2) is 16.1 Å². The van der Waals surface area contributed by atoms with Crippen molar-refractivity contribution in [3.05, 3.63) is 47.3 Å². The average molecular weight is 231 g/mol. The molecule has 3 nitrogen and oxygen atoms in total. The van der Waals surface area contributed by atoms with Gasteiger partial charge in [0.2, 0.25) is 0 Å². The maximum absolute atomic E-state index is 12.9. The van der Waals surface area contributed by atoms with Gasteiger partial charge in [-0.05, 0) is 31.2 Å². The molecule has 0 amide bonds. The summed E-state index contributed by atoms with van der Waals surface area (Å²) in [7, 11) is 0. The number of nitrogens with zero attached hydrogens (tertiary/aromatic N) is 2. The van der Waals surface area contributed by atoms with E-state index in [2.05, 4.69) is 14.9 Å². The molecule has 0 bridgehead atoms. The molecule has 3 rings (SSSR count). The van der Waals surface area contributed by atoms with Crippen LogP contribution in [-0.2, 0) is 13.0 Å². The van der Waals surface area contributed by atoms with Gasteiger partial charge in [-0.15, -0.1) is 0 Å². The molecule has 0 aliphatic carbocycles. The van der Waals surface area contributed by atoms with Gasteiger partial charge in [-0.2, -0.15) is 0 Å². The van der Waals surface area contributed by atoms with Crippen LogP contribution in [0.15, 0.2) is 24.3 Å². The molecule has 0 spiro atoms. The summed E-state index contributed by atoms with van der Waals surface area (Å²) in [6, 6.07) is 6.57. The maximum Gasteiger partial charge on any atom is 0.123 e. The first-order valence-corrected chi connectivity index (χ1v) is 5.79. The van der Waals surface area contributed by atoms with E-state index in [-0.39, 0.29) is 5.82 Å². The summed E-state index contributed by atoms with van der Waals surface area (Å²) in [6.07, 6.45) is 0.966. The van der Waals surface area contributed by atoms with Crippen molar-refractivity contribution in [3.8, 4) is 5.69 Å². The zero-order chi connectivity index (χ0) is 11.8. The lowest BCUT2D eigenvalue weighted by atomic mass is 10.1. The van der Waals surface area contributed by atoms with Gasteiger partial charge in [-0.25, -0.2) is 9.37 Å². The third-order valence-electron chi connectivity index (χ3n) is 3.14. The Morgan fingerprint density at radius 1 is 1.29 bits per heavy atom. The molecule has 1 aliphatic rings. The highest BCUT2D eigenvalue weighted by atomic mass is 19.1. The molecule has 1 N–H and O–H groups in total. The zero-order valence-corrected chi connectivity index (χ0v) is 9.70. The van der Waals surface area contributed by atoms with Gasteiger partial charge < -0.3 is 9.88 Å². The maximum atomic E-state index is 12.9. The van der Waals surface area contributed by atoms with E-state index in [4.69, 9.17) is 0 Å². The third kappa shape index (κ3) is 1.74. The van der Waals surface area contributed by atoms with Gasteiger partial charge in [-0.1, -0.05) is 0 Å². The lowest BCUT2D eigenvalue weighted by Crippen LogP contribution is -2.24. The summed E-state index contributed by atoms with van der Waals surface area (Å²) < 4.78 is 15.1. The fraction of sp³-hybridized carbons (Fsp3) is 0.308. The molecule has 17 heavy (non-hydrogen) atoms. The van der Waals surface area contributed by atoms with Gasteiger partial charge in [-0.3, -0.25) is 0 Å². The van der Waals surface area contributed by atoms with Crippen molar-refractivity contribution in [3.63, 3.8) is 0 Å². The van der Waals surface area contributed by atoms with Gasteiger partial charge in [0.15, 0.2) is 0 Å². The number of benzene rings is 1. The monoisotopic (exact) mass is 231 g/mol. The molecule has 0 saturated heterocycles. The Bertz CT molecular complexity index is 543. The second-order valence-corrected chi connectivity index (χ2v) is 4.29. The predicted molar refractivity (Wildman–Crippen MR) is 63.7 cm³/mol. The number of imidazole rings is 1. The van der Waals surface area contributed by atoms with Gasteiger partial charge in [0.1, 0.15) is 11.6 Å². The van der Waals surface area contributed by atoms with E-state index in [0.717, 1.165) is 36.7 Å². The van der Waals surface area contributed by atoms with Crippen molar-refractivity contribution >= 4 is 0 Å². The fourth-order valence-electron chi connectivity index (χ4n) is 2.38. The second kappa shape index (κ2) is 3.96. The van der Waals surface area contributed by atoms with Crippen LogP contribution >= 0.6 is 0 Å². The van der Waals surface area contributed by atoms with Crippen molar-refractivity contribution in [2.24, 2.45) is 0 Å². The summed E-state index contributed by atoms with van der Waals surface area (Å²) in [5.74, 6) is 0.757. The highest BCUT2D eigenvalue weighted by Gasteiger charge is 2.18. The van der Waals surface area contributed by atoms with E-state index < -0.39 is 0 Å². The summed E-state index contributed by atoms with van der Waals surface area (Å²) in [6.45, 7) is 3.78. The Morgan fingerprint density at radius 2 is 2.06 bits per heavy atom. The largest absolute Gasteiger partial charge is 0.311 e. The number of rotatable bonds is 1. The van der Waals surface area contributed by atoms with Crippen LogP contribution < -0.4 is 5.32 Å². The van der Waals surface area contributed by atoms with E-state index in [1.54, 1.807) is 12.1 Å². The topological polar surface area (TPSA) is 29.9 Å². The Morgan fingerprint density at radius 3 is 2.82 bits per heavy atom. The first kappa shape index (κ1) is 10.5. The standard InChI is InChI=1S/C13H14FN3/c1-9-16-12-8-15-7-6-13(12)17(9)11-4-2-10(14)3-5-11/h2-5,15H,6-8H2,1H3. The Balaban J connectivity index is 2.13. The predicted octanol–water partition coefficient (Wildman–Crippen LogP) is 1.97. The highest BCUT2D eigenvalue weighted by molar-refractivity contribution is 5.38. The number of aryl methyl sites for hydroxylation is 1. The van der Waals surface area contributed by atoms with Crippen molar-refractivity contribution in [2.45, 2.75) is 19.9 Å². The fourth-order valence-corrected chi connectivity index (χ4v) is 2.38. The second-order valence-electron chi connectivity index (χ2n) is 4.29.